The molecule has 0 spiro atoms. The molecule has 0 aromatic carbocycles. The fraction of sp³-hybridized carbons (Fsp3) is 0.583. The van der Waals surface area contributed by atoms with Crippen molar-refractivity contribution in [2.24, 2.45) is 4.99 Å². The van der Waals surface area contributed by atoms with E-state index in [1.54, 1.807) is 0 Å². The maximum Gasteiger partial charge on any atom is 0.105 e. The van der Waals surface area contributed by atoms with Crippen LogP contribution < -0.4 is 5.32 Å². The first-order valence-electron chi connectivity index (χ1n) is 5.58. The lowest BCUT2D eigenvalue weighted by Gasteiger charge is -2.03. The SMILES string of the molecule is CCCCCCCC1=NC=CC=CN1. The number of allylic oxidation sites excluding steroid dienone is 2. The molecule has 0 unspecified atom stereocenters. The van der Waals surface area contributed by atoms with Crippen molar-refractivity contribution in [3.05, 3.63) is 24.6 Å². The van der Waals surface area contributed by atoms with Gasteiger partial charge in [0.2, 0.25) is 0 Å². The molecule has 1 rings (SSSR count). The van der Waals surface area contributed by atoms with Gasteiger partial charge in [0.15, 0.2) is 0 Å². The van der Waals surface area contributed by atoms with E-state index in [1.807, 2.05) is 24.6 Å². The lowest BCUT2D eigenvalue weighted by atomic mass is 10.1. The van der Waals surface area contributed by atoms with Gasteiger partial charge in [-0.15, -0.1) is 0 Å². The van der Waals surface area contributed by atoms with Crippen LogP contribution in [0.3, 0.4) is 0 Å². The zero-order chi connectivity index (χ0) is 10.1. The minimum absolute atomic E-state index is 1.07. The first-order chi connectivity index (χ1) is 6.93. The molecule has 0 bridgehead atoms. The molecular formula is C12H20N2. The van der Waals surface area contributed by atoms with E-state index in [2.05, 4.69) is 17.2 Å². The third-order valence-corrected chi connectivity index (χ3v) is 2.29. The van der Waals surface area contributed by atoms with Crippen molar-refractivity contribution in [1.82, 2.24) is 5.32 Å². The highest BCUT2D eigenvalue weighted by Gasteiger charge is 1.97. The molecule has 1 aliphatic heterocycles. The molecule has 1 N–H and O–H groups in total. The molecule has 2 heteroatoms. The Morgan fingerprint density at radius 3 is 2.86 bits per heavy atom. The Balaban J connectivity index is 2.09. The zero-order valence-electron chi connectivity index (χ0n) is 9.00. The van der Waals surface area contributed by atoms with E-state index in [4.69, 9.17) is 0 Å². The molecule has 0 fully saturated rings. The average molecular weight is 192 g/mol. The molecule has 0 aromatic heterocycles. The number of nitrogens with zero attached hydrogens (tertiary/aromatic N) is 1. The van der Waals surface area contributed by atoms with Gasteiger partial charge in [0.25, 0.3) is 0 Å². The topological polar surface area (TPSA) is 24.4 Å². The van der Waals surface area contributed by atoms with E-state index >= 15 is 0 Å². The van der Waals surface area contributed by atoms with Gasteiger partial charge in [-0.1, -0.05) is 32.6 Å². The molecule has 0 radical (unpaired) electrons. The third kappa shape index (κ3) is 4.85. The second-order valence-corrected chi connectivity index (χ2v) is 3.58. The van der Waals surface area contributed by atoms with Gasteiger partial charge in [0.1, 0.15) is 5.84 Å². The Morgan fingerprint density at radius 2 is 2.00 bits per heavy atom. The summed E-state index contributed by atoms with van der Waals surface area (Å²) in [5.74, 6) is 1.09. The minimum Gasteiger partial charge on any atom is -0.350 e. The second-order valence-electron chi connectivity index (χ2n) is 3.58. The molecule has 0 aromatic rings. The Hall–Kier alpha value is -1.05. The summed E-state index contributed by atoms with van der Waals surface area (Å²) < 4.78 is 0. The van der Waals surface area contributed by atoms with E-state index in [0.717, 1.165) is 12.3 Å². The van der Waals surface area contributed by atoms with Crippen LogP contribution in [0, 0.1) is 0 Å². The molecule has 0 atom stereocenters. The predicted molar refractivity (Wildman–Crippen MR) is 62.2 cm³/mol. The highest BCUT2D eigenvalue weighted by molar-refractivity contribution is 5.83. The van der Waals surface area contributed by atoms with Gasteiger partial charge >= 0.3 is 0 Å². The van der Waals surface area contributed by atoms with Crippen molar-refractivity contribution in [1.29, 1.82) is 0 Å². The van der Waals surface area contributed by atoms with Crippen molar-refractivity contribution >= 4 is 5.84 Å². The van der Waals surface area contributed by atoms with E-state index in [9.17, 15) is 0 Å². The maximum atomic E-state index is 4.30. The minimum atomic E-state index is 1.07. The summed E-state index contributed by atoms with van der Waals surface area (Å²) in [5.41, 5.74) is 0. The van der Waals surface area contributed by atoms with Gasteiger partial charge in [0.05, 0.1) is 0 Å². The number of rotatable bonds is 6. The summed E-state index contributed by atoms with van der Waals surface area (Å²) in [7, 11) is 0. The number of hydrogen-bond donors (Lipinski definition) is 1. The van der Waals surface area contributed by atoms with Crippen LogP contribution in [-0.2, 0) is 0 Å². The van der Waals surface area contributed by atoms with Crippen LogP contribution in [0.1, 0.15) is 45.4 Å². The Morgan fingerprint density at radius 1 is 1.14 bits per heavy atom. The van der Waals surface area contributed by atoms with Gasteiger partial charge in [-0.05, 0) is 18.6 Å². The van der Waals surface area contributed by atoms with Crippen LogP contribution in [0.15, 0.2) is 29.5 Å². The van der Waals surface area contributed by atoms with E-state index in [1.165, 1.54) is 32.1 Å². The number of nitrogens with one attached hydrogen (secondary N) is 1. The van der Waals surface area contributed by atoms with Crippen LogP contribution in [0.25, 0.3) is 0 Å². The molecule has 14 heavy (non-hydrogen) atoms. The van der Waals surface area contributed by atoms with Crippen LogP contribution in [0.2, 0.25) is 0 Å². The fourth-order valence-corrected chi connectivity index (χ4v) is 1.45. The average Bonchev–Trinajstić information content (AvgIpc) is 2.46. The molecule has 1 aliphatic rings. The van der Waals surface area contributed by atoms with E-state index < -0.39 is 0 Å². The summed E-state index contributed by atoms with van der Waals surface area (Å²) >= 11 is 0. The lowest BCUT2D eigenvalue weighted by molar-refractivity contribution is 0.641. The Labute approximate surface area is 86.8 Å². The molecule has 0 saturated carbocycles. The third-order valence-electron chi connectivity index (χ3n) is 2.29. The van der Waals surface area contributed by atoms with Crippen LogP contribution >= 0.6 is 0 Å². The van der Waals surface area contributed by atoms with Crippen molar-refractivity contribution in [2.75, 3.05) is 0 Å². The summed E-state index contributed by atoms with van der Waals surface area (Å²) in [6.07, 6.45) is 15.4. The van der Waals surface area contributed by atoms with Crippen molar-refractivity contribution in [3.63, 3.8) is 0 Å². The monoisotopic (exact) mass is 192 g/mol. The van der Waals surface area contributed by atoms with Gasteiger partial charge in [-0.3, -0.25) is 0 Å². The first kappa shape index (κ1) is 11.0. The number of unbranched alkanes of at least 4 members (excludes halogenated alkanes) is 4. The molecular weight excluding hydrogens is 172 g/mol. The normalized spacial score (nSPS) is 14.8. The van der Waals surface area contributed by atoms with Crippen molar-refractivity contribution in [3.8, 4) is 0 Å². The molecule has 0 aliphatic carbocycles. The van der Waals surface area contributed by atoms with Gasteiger partial charge in [-0.2, -0.15) is 0 Å². The highest BCUT2D eigenvalue weighted by Crippen LogP contribution is 2.05. The van der Waals surface area contributed by atoms with Crippen LogP contribution in [0.5, 0.6) is 0 Å². The lowest BCUT2D eigenvalue weighted by Crippen LogP contribution is -2.15. The maximum absolute atomic E-state index is 4.30. The number of hydrogen-bond acceptors (Lipinski definition) is 2. The largest absolute Gasteiger partial charge is 0.350 e. The van der Waals surface area contributed by atoms with E-state index in [-0.39, 0.29) is 0 Å². The highest BCUT2D eigenvalue weighted by atomic mass is 15.0. The van der Waals surface area contributed by atoms with Crippen LogP contribution in [0.4, 0.5) is 0 Å². The second kappa shape index (κ2) is 7.36. The Kier molecular flexibility index (Phi) is 5.80. The van der Waals surface area contributed by atoms with Gasteiger partial charge in [0, 0.05) is 18.8 Å². The molecule has 0 saturated heterocycles. The van der Waals surface area contributed by atoms with Crippen molar-refractivity contribution in [2.45, 2.75) is 45.4 Å². The van der Waals surface area contributed by atoms with Crippen LogP contribution in [-0.4, -0.2) is 5.84 Å². The number of amidine groups is 1. The molecule has 78 valence electrons. The van der Waals surface area contributed by atoms with E-state index in [0.29, 0.717) is 0 Å². The molecule has 0 amide bonds. The predicted octanol–water partition coefficient (Wildman–Crippen LogP) is 3.38. The summed E-state index contributed by atoms with van der Waals surface area (Å²) in [6, 6.07) is 0. The van der Waals surface area contributed by atoms with Gasteiger partial charge < -0.3 is 5.32 Å². The Bertz CT molecular complexity index is 226. The smallest absolute Gasteiger partial charge is 0.105 e. The van der Waals surface area contributed by atoms with Gasteiger partial charge in [-0.25, -0.2) is 4.99 Å². The summed E-state index contributed by atoms with van der Waals surface area (Å²) in [4.78, 5) is 4.30. The first-order valence-corrected chi connectivity index (χ1v) is 5.58. The zero-order valence-corrected chi connectivity index (χ0v) is 9.00. The molecule has 2 nitrogen and oxygen atoms in total. The summed E-state index contributed by atoms with van der Waals surface area (Å²) in [6.45, 7) is 2.24. The summed E-state index contributed by atoms with van der Waals surface area (Å²) in [5, 5.41) is 3.18. The quantitative estimate of drug-likeness (QED) is 0.641. The van der Waals surface area contributed by atoms with Crippen molar-refractivity contribution < 1.29 is 0 Å². The number of aliphatic imine (C=N–C) groups is 1. The standard InChI is InChI=1S/C12H20N2/c1-2-3-4-5-6-9-12-13-10-7-8-11-14-12/h7-8,10-11H,2-6,9H2,1H3,(H,13,14). The molecule has 1 heterocycles. The fourth-order valence-electron chi connectivity index (χ4n) is 1.45.